The Balaban J connectivity index is 2.12. The fraction of sp³-hybridized carbons (Fsp3) is 0.471. The first kappa shape index (κ1) is 15.1. The number of fused-ring (bicyclic) bond motifs is 1. The van der Waals surface area contributed by atoms with Crippen LogP contribution in [0.1, 0.15) is 38.7 Å². The van der Waals surface area contributed by atoms with E-state index in [1.165, 1.54) is 0 Å². The van der Waals surface area contributed by atoms with Crippen LogP contribution in [0.2, 0.25) is 0 Å². The van der Waals surface area contributed by atoms with E-state index < -0.39 is 0 Å². The number of hydrogen-bond acceptors (Lipinski definition) is 2. The molecule has 1 aromatic carbocycles. The number of hydrogen-bond donors (Lipinski definition) is 1. The summed E-state index contributed by atoms with van der Waals surface area (Å²) in [5.41, 5.74) is 1.66. The van der Waals surface area contributed by atoms with Crippen molar-refractivity contribution in [2.24, 2.45) is 11.3 Å². The number of Topliss-reactive ketones (excluding diaryl/α,β-unsaturated/α-hetero) is 1. The molecule has 2 aliphatic rings. The first-order valence-electron chi connectivity index (χ1n) is 7.23. The molecule has 2 aliphatic carbocycles. The Kier molecular flexibility index (Phi) is 3.49. The number of alkyl halides is 1. The van der Waals surface area contributed by atoms with Gasteiger partial charge in [-0.1, -0.05) is 19.1 Å². The summed E-state index contributed by atoms with van der Waals surface area (Å²) < 4.78 is 0.687. The molecule has 0 spiro atoms. The molecule has 0 amide bonds. The van der Waals surface area contributed by atoms with Gasteiger partial charge in [-0.15, -0.1) is 11.6 Å². The molecule has 0 aromatic heterocycles. The molecule has 4 heteroatoms. The molecule has 21 heavy (non-hydrogen) atoms. The maximum Gasteiger partial charge on any atom is 0.176 e. The minimum absolute atomic E-state index is 0.149. The van der Waals surface area contributed by atoms with E-state index in [2.05, 4.69) is 22.9 Å². The van der Waals surface area contributed by atoms with Crippen LogP contribution in [0.25, 0.3) is 5.57 Å². The van der Waals surface area contributed by atoms with E-state index in [1.54, 1.807) is 12.1 Å². The molecular formula is C17H18BrClO2. The standard InChI is InChI=1S/C17H18BrClO2/c1-3-17-9-16(2,19)8-12(17)13(14(18)15(17)21)10-4-6-11(20)7-5-10/h4-7,12,20H,3,8-9H2,1-2H3/t12?,16-,17?/m0/s1. The molecule has 1 saturated carbocycles. The third-order valence-electron chi connectivity index (χ3n) is 5.03. The summed E-state index contributed by atoms with van der Waals surface area (Å²) in [4.78, 5) is 12.5. The lowest BCUT2D eigenvalue weighted by Crippen LogP contribution is -2.30. The Labute approximate surface area is 138 Å². The monoisotopic (exact) mass is 368 g/mol. The van der Waals surface area contributed by atoms with Gasteiger partial charge in [0.25, 0.3) is 0 Å². The average molecular weight is 370 g/mol. The van der Waals surface area contributed by atoms with Crippen molar-refractivity contribution in [3.63, 3.8) is 0 Å². The van der Waals surface area contributed by atoms with Gasteiger partial charge in [0.05, 0.1) is 4.48 Å². The lowest BCUT2D eigenvalue weighted by atomic mass is 9.74. The highest BCUT2D eigenvalue weighted by molar-refractivity contribution is 9.12. The summed E-state index contributed by atoms with van der Waals surface area (Å²) >= 11 is 10.1. The van der Waals surface area contributed by atoms with Gasteiger partial charge in [-0.3, -0.25) is 4.79 Å². The molecule has 1 fully saturated rings. The fourth-order valence-electron chi connectivity index (χ4n) is 4.09. The largest absolute Gasteiger partial charge is 0.508 e. The zero-order valence-electron chi connectivity index (χ0n) is 12.1. The minimum atomic E-state index is -0.372. The number of aromatic hydroxyl groups is 1. The van der Waals surface area contributed by atoms with Crippen molar-refractivity contribution in [3.05, 3.63) is 34.3 Å². The Bertz CT molecular complexity index is 633. The zero-order valence-corrected chi connectivity index (χ0v) is 14.5. The lowest BCUT2D eigenvalue weighted by Gasteiger charge is -2.28. The van der Waals surface area contributed by atoms with Crippen LogP contribution in [-0.2, 0) is 4.79 Å². The van der Waals surface area contributed by atoms with E-state index in [4.69, 9.17) is 11.6 Å². The zero-order chi connectivity index (χ0) is 15.4. The van der Waals surface area contributed by atoms with E-state index >= 15 is 0 Å². The summed E-state index contributed by atoms with van der Waals surface area (Å²) in [7, 11) is 0. The predicted molar refractivity (Wildman–Crippen MR) is 88.7 cm³/mol. The van der Waals surface area contributed by atoms with Gasteiger partial charge >= 0.3 is 0 Å². The number of benzene rings is 1. The van der Waals surface area contributed by atoms with Crippen molar-refractivity contribution in [1.82, 2.24) is 0 Å². The van der Waals surface area contributed by atoms with Crippen LogP contribution in [0.4, 0.5) is 0 Å². The maximum atomic E-state index is 12.9. The van der Waals surface area contributed by atoms with Crippen molar-refractivity contribution < 1.29 is 9.90 Å². The summed E-state index contributed by atoms with van der Waals surface area (Å²) in [6.45, 7) is 4.10. The van der Waals surface area contributed by atoms with Crippen LogP contribution in [0.3, 0.4) is 0 Å². The van der Waals surface area contributed by atoms with Gasteiger partial charge in [0, 0.05) is 16.2 Å². The van der Waals surface area contributed by atoms with Crippen molar-refractivity contribution >= 4 is 38.9 Å². The van der Waals surface area contributed by atoms with E-state index in [-0.39, 0.29) is 27.7 Å². The van der Waals surface area contributed by atoms with E-state index in [9.17, 15) is 9.90 Å². The second-order valence-electron chi connectivity index (χ2n) is 6.46. The highest BCUT2D eigenvalue weighted by atomic mass is 79.9. The molecule has 0 bridgehead atoms. The summed E-state index contributed by atoms with van der Waals surface area (Å²) in [6, 6.07) is 7.06. The van der Waals surface area contributed by atoms with E-state index in [1.807, 2.05) is 19.1 Å². The Morgan fingerprint density at radius 1 is 1.38 bits per heavy atom. The molecule has 3 rings (SSSR count). The first-order chi connectivity index (χ1) is 9.81. The molecule has 2 unspecified atom stereocenters. The van der Waals surface area contributed by atoms with Crippen LogP contribution < -0.4 is 0 Å². The smallest absolute Gasteiger partial charge is 0.176 e. The molecule has 1 aromatic rings. The highest BCUT2D eigenvalue weighted by Gasteiger charge is 2.60. The van der Waals surface area contributed by atoms with Crippen LogP contribution in [0, 0.1) is 11.3 Å². The number of carbonyl (C=O) groups excluding carboxylic acids is 1. The second-order valence-corrected chi connectivity index (χ2v) is 8.17. The van der Waals surface area contributed by atoms with Gasteiger partial charge in [0.1, 0.15) is 5.75 Å². The topological polar surface area (TPSA) is 37.3 Å². The lowest BCUT2D eigenvalue weighted by molar-refractivity contribution is -0.124. The highest BCUT2D eigenvalue weighted by Crippen LogP contribution is 2.64. The molecule has 0 saturated heterocycles. The number of phenols is 1. The molecule has 0 heterocycles. The molecule has 1 N–H and O–H groups in total. The van der Waals surface area contributed by atoms with Gasteiger partial charge in [0.2, 0.25) is 0 Å². The number of allylic oxidation sites excluding steroid dienone is 2. The number of halogens is 2. The van der Waals surface area contributed by atoms with E-state index in [0.29, 0.717) is 4.48 Å². The quantitative estimate of drug-likeness (QED) is 0.754. The average Bonchev–Trinajstić information content (AvgIpc) is 2.81. The fourth-order valence-corrected chi connectivity index (χ4v) is 5.38. The van der Waals surface area contributed by atoms with Crippen molar-refractivity contribution in [1.29, 1.82) is 0 Å². The Hall–Kier alpha value is -0.800. The van der Waals surface area contributed by atoms with Crippen LogP contribution in [-0.4, -0.2) is 15.8 Å². The molecule has 3 atom stereocenters. The number of rotatable bonds is 2. The van der Waals surface area contributed by atoms with Crippen LogP contribution >= 0.6 is 27.5 Å². The van der Waals surface area contributed by atoms with Crippen LogP contribution in [0.5, 0.6) is 5.75 Å². The molecular weight excluding hydrogens is 352 g/mol. The Morgan fingerprint density at radius 3 is 2.57 bits per heavy atom. The number of phenolic OH excluding ortho intramolecular Hbond substituents is 1. The van der Waals surface area contributed by atoms with Crippen molar-refractivity contribution in [3.8, 4) is 5.75 Å². The Morgan fingerprint density at radius 2 is 2.00 bits per heavy atom. The van der Waals surface area contributed by atoms with Gasteiger partial charge in [-0.25, -0.2) is 0 Å². The van der Waals surface area contributed by atoms with Crippen molar-refractivity contribution in [2.75, 3.05) is 0 Å². The third-order valence-corrected chi connectivity index (χ3v) is 6.10. The van der Waals surface area contributed by atoms with Gasteiger partial charge in [-0.2, -0.15) is 0 Å². The second kappa shape index (κ2) is 4.85. The van der Waals surface area contributed by atoms with Crippen molar-refractivity contribution in [2.45, 2.75) is 38.0 Å². The summed E-state index contributed by atoms with van der Waals surface area (Å²) in [6.07, 6.45) is 2.33. The molecule has 0 aliphatic heterocycles. The third kappa shape index (κ3) is 2.17. The number of ketones is 1. The molecule has 0 radical (unpaired) electrons. The minimum Gasteiger partial charge on any atom is -0.508 e. The number of carbonyl (C=O) groups is 1. The molecule has 2 nitrogen and oxygen atoms in total. The maximum absolute atomic E-state index is 12.9. The normalized spacial score (nSPS) is 35.4. The van der Waals surface area contributed by atoms with Gasteiger partial charge < -0.3 is 5.11 Å². The van der Waals surface area contributed by atoms with Gasteiger partial charge in [-0.05, 0) is 65.4 Å². The van der Waals surface area contributed by atoms with E-state index in [0.717, 1.165) is 30.4 Å². The first-order valence-corrected chi connectivity index (χ1v) is 8.40. The SMILES string of the molecule is CCC12C[C@@](C)(Cl)CC1C(c1ccc(O)cc1)=C(Br)C2=O. The summed E-state index contributed by atoms with van der Waals surface area (Å²) in [5.74, 6) is 0.564. The molecule has 112 valence electrons. The van der Waals surface area contributed by atoms with Crippen LogP contribution in [0.15, 0.2) is 28.7 Å². The van der Waals surface area contributed by atoms with Gasteiger partial charge in [0.15, 0.2) is 5.78 Å². The predicted octanol–water partition coefficient (Wildman–Crippen LogP) is 4.88. The summed E-state index contributed by atoms with van der Waals surface area (Å²) in [5, 5.41) is 9.47.